The summed E-state index contributed by atoms with van der Waals surface area (Å²) in [6, 6.07) is 9.15. The van der Waals surface area contributed by atoms with E-state index in [0.29, 0.717) is 48.7 Å². The largest absolute Gasteiger partial charge is 0.456 e. The van der Waals surface area contributed by atoms with E-state index in [1.54, 1.807) is 12.1 Å². The van der Waals surface area contributed by atoms with Gasteiger partial charge in [-0.3, -0.25) is 20.2 Å². The van der Waals surface area contributed by atoms with Gasteiger partial charge in [0.1, 0.15) is 11.5 Å². The Hall–Kier alpha value is -3.04. The molecule has 0 aliphatic carbocycles. The topological polar surface area (TPSA) is 121 Å². The zero-order valence-corrected chi connectivity index (χ0v) is 14.2. The highest BCUT2D eigenvalue weighted by Gasteiger charge is 2.32. The van der Waals surface area contributed by atoms with Gasteiger partial charge in [0, 0.05) is 25.0 Å². The first-order valence-electron chi connectivity index (χ1n) is 8.46. The second-order valence-electron chi connectivity index (χ2n) is 6.44. The van der Waals surface area contributed by atoms with Crippen LogP contribution in [-0.4, -0.2) is 35.3 Å². The molecule has 0 aromatic heterocycles. The summed E-state index contributed by atoms with van der Waals surface area (Å²) in [6.07, 6.45) is 0.557. The van der Waals surface area contributed by atoms with Gasteiger partial charge in [0.2, 0.25) is 0 Å². The third-order valence-electron chi connectivity index (χ3n) is 4.50. The fourth-order valence-corrected chi connectivity index (χ4v) is 3.00. The number of benzene rings is 2. The summed E-state index contributed by atoms with van der Waals surface area (Å²) in [4.78, 5) is 21.9. The Morgan fingerprint density at radius 3 is 1.59 bits per heavy atom. The van der Waals surface area contributed by atoms with Crippen LogP contribution < -0.4 is 4.74 Å². The molecule has 0 unspecified atom stereocenters. The van der Waals surface area contributed by atoms with Gasteiger partial charge in [-0.1, -0.05) is 12.1 Å². The van der Waals surface area contributed by atoms with Crippen LogP contribution in [-0.2, 0) is 22.3 Å². The van der Waals surface area contributed by atoms with Crippen LogP contribution in [0.1, 0.15) is 11.1 Å². The van der Waals surface area contributed by atoms with Crippen molar-refractivity contribution in [1.82, 2.24) is 0 Å². The molecule has 9 heteroatoms. The molecule has 2 atom stereocenters. The van der Waals surface area contributed by atoms with Crippen molar-refractivity contribution in [3.05, 3.63) is 67.8 Å². The molecular formula is C18H16N2O7. The van der Waals surface area contributed by atoms with Gasteiger partial charge in [-0.25, -0.2) is 0 Å². The van der Waals surface area contributed by atoms with Crippen molar-refractivity contribution in [3.63, 3.8) is 0 Å². The van der Waals surface area contributed by atoms with Crippen molar-refractivity contribution < 1.29 is 24.1 Å². The van der Waals surface area contributed by atoms with Crippen molar-refractivity contribution in [2.24, 2.45) is 0 Å². The Morgan fingerprint density at radius 1 is 0.852 bits per heavy atom. The highest BCUT2D eigenvalue weighted by molar-refractivity contribution is 5.55. The first kappa shape index (κ1) is 17.4. The monoisotopic (exact) mass is 372 g/mol. The molecule has 2 fully saturated rings. The third-order valence-corrected chi connectivity index (χ3v) is 4.50. The van der Waals surface area contributed by atoms with Gasteiger partial charge in [-0.15, -0.1) is 0 Å². The minimum absolute atomic E-state index is 0.0551. The third kappa shape index (κ3) is 3.88. The van der Waals surface area contributed by atoms with Crippen LogP contribution in [0.25, 0.3) is 0 Å². The average molecular weight is 372 g/mol. The Morgan fingerprint density at radius 2 is 1.26 bits per heavy atom. The fourth-order valence-electron chi connectivity index (χ4n) is 3.00. The molecule has 2 saturated heterocycles. The Kier molecular flexibility index (Phi) is 4.46. The molecule has 2 aliphatic rings. The molecule has 0 amide bonds. The van der Waals surface area contributed by atoms with Crippen LogP contribution in [0.3, 0.4) is 0 Å². The highest BCUT2D eigenvalue weighted by atomic mass is 16.6. The highest BCUT2D eigenvalue weighted by Crippen LogP contribution is 2.39. The van der Waals surface area contributed by atoms with E-state index in [4.69, 9.17) is 14.2 Å². The van der Waals surface area contributed by atoms with Crippen LogP contribution in [0, 0.1) is 20.2 Å². The first-order valence-corrected chi connectivity index (χ1v) is 8.46. The smallest absolute Gasteiger partial charge is 0.276 e. The summed E-state index contributed by atoms with van der Waals surface area (Å²) in [5.41, 5.74) is 0.733. The molecule has 0 spiro atoms. The van der Waals surface area contributed by atoms with E-state index >= 15 is 0 Å². The predicted molar refractivity (Wildman–Crippen MR) is 93.2 cm³/mol. The first-order chi connectivity index (χ1) is 13.0. The summed E-state index contributed by atoms with van der Waals surface area (Å²) >= 11 is 0. The van der Waals surface area contributed by atoms with Crippen molar-refractivity contribution >= 4 is 11.4 Å². The molecule has 0 radical (unpaired) electrons. The zero-order chi connectivity index (χ0) is 19.0. The summed E-state index contributed by atoms with van der Waals surface area (Å²) in [5, 5.41) is 22.8. The average Bonchev–Trinajstić information content (AvgIpc) is 3.53. The number of nitrogens with zero attached hydrogens (tertiary/aromatic N) is 2. The van der Waals surface area contributed by atoms with Crippen molar-refractivity contribution in [3.8, 4) is 11.5 Å². The predicted octanol–water partition coefficient (Wildman–Crippen LogP) is 3.18. The quantitative estimate of drug-likeness (QED) is 0.396. The Labute approximate surface area is 153 Å². The van der Waals surface area contributed by atoms with E-state index in [-0.39, 0.29) is 23.6 Å². The lowest BCUT2D eigenvalue weighted by molar-refractivity contribution is -0.385. The summed E-state index contributed by atoms with van der Waals surface area (Å²) in [5.74, 6) is 0.608. The molecule has 4 rings (SSSR count). The summed E-state index contributed by atoms with van der Waals surface area (Å²) in [6.45, 7) is 1.10. The van der Waals surface area contributed by atoms with E-state index in [1.807, 2.05) is 0 Å². The van der Waals surface area contributed by atoms with Crippen LogP contribution in [0.15, 0.2) is 36.4 Å². The minimum atomic E-state index is -0.461. The molecule has 2 heterocycles. The molecule has 2 aliphatic heterocycles. The molecule has 9 nitrogen and oxygen atoms in total. The Balaban J connectivity index is 1.73. The van der Waals surface area contributed by atoms with E-state index in [1.165, 1.54) is 24.3 Å². The number of hydrogen-bond acceptors (Lipinski definition) is 7. The SMILES string of the molecule is O=[N+]([O-])c1cccc(Oc2cccc([N+](=O)[O-])c2C[C@H]2CO2)c1C[C@H]1CO1. The maximum Gasteiger partial charge on any atom is 0.276 e. The zero-order valence-electron chi connectivity index (χ0n) is 14.2. The van der Waals surface area contributed by atoms with E-state index in [9.17, 15) is 20.2 Å². The number of hydrogen-bond donors (Lipinski definition) is 0. The van der Waals surface area contributed by atoms with Gasteiger partial charge >= 0.3 is 0 Å². The number of rotatable bonds is 8. The number of nitro groups is 2. The van der Waals surface area contributed by atoms with Crippen molar-refractivity contribution in [2.45, 2.75) is 25.0 Å². The van der Waals surface area contributed by atoms with E-state index in [0.717, 1.165) is 0 Å². The molecule has 27 heavy (non-hydrogen) atoms. The van der Waals surface area contributed by atoms with Crippen LogP contribution in [0.5, 0.6) is 11.5 Å². The second-order valence-corrected chi connectivity index (χ2v) is 6.44. The molecule has 0 bridgehead atoms. The van der Waals surface area contributed by atoms with Crippen LogP contribution in [0.4, 0.5) is 11.4 Å². The van der Waals surface area contributed by atoms with Gasteiger partial charge in [-0.05, 0) is 12.1 Å². The molecular weight excluding hydrogens is 356 g/mol. The Bertz CT molecular complexity index is 833. The lowest BCUT2D eigenvalue weighted by Crippen LogP contribution is -2.05. The van der Waals surface area contributed by atoms with Gasteiger partial charge in [-0.2, -0.15) is 0 Å². The maximum atomic E-state index is 11.4. The van der Waals surface area contributed by atoms with Crippen molar-refractivity contribution in [2.75, 3.05) is 13.2 Å². The normalized spacial score (nSPS) is 20.1. The van der Waals surface area contributed by atoms with Gasteiger partial charge < -0.3 is 14.2 Å². The fraction of sp³-hybridized carbons (Fsp3) is 0.333. The van der Waals surface area contributed by atoms with E-state index < -0.39 is 9.85 Å². The number of nitro benzene ring substituents is 2. The number of ether oxygens (including phenoxy) is 3. The lowest BCUT2D eigenvalue weighted by atomic mass is 10.0. The molecule has 0 N–H and O–H groups in total. The standard InChI is InChI=1S/C18H16N2O7/c21-19(22)15-3-1-5-17(13(15)7-11-9-25-11)27-18-6-2-4-16(20(23)24)14(18)8-12-10-26-12/h1-6,11-12H,7-10H2/t11-,12-/m0/s1. The van der Waals surface area contributed by atoms with Crippen molar-refractivity contribution in [1.29, 1.82) is 0 Å². The van der Waals surface area contributed by atoms with Crippen LogP contribution in [0.2, 0.25) is 0 Å². The molecule has 2 aromatic rings. The minimum Gasteiger partial charge on any atom is -0.456 e. The van der Waals surface area contributed by atoms with Gasteiger partial charge in [0.25, 0.3) is 11.4 Å². The second kappa shape index (κ2) is 6.93. The van der Waals surface area contributed by atoms with Gasteiger partial charge in [0.05, 0.1) is 46.4 Å². The summed E-state index contributed by atoms with van der Waals surface area (Å²) in [7, 11) is 0. The van der Waals surface area contributed by atoms with E-state index in [2.05, 4.69) is 0 Å². The lowest BCUT2D eigenvalue weighted by Gasteiger charge is -2.14. The van der Waals surface area contributed by atoms with Crippen LogP contribution >= 0.6 is 0 Å². The maximum absolute atomic E-state index is 11.4. The molecule has 0 saturated carbocycles. The summed E-state index contributed by atoms with van der Waals surface area (Å²) < 4.78 is 16.4. The molecule has 140 valence electrons. The number of epoxide rings is 2. The molecule has 2 aromatic carbocycles. The van der Waals surface area contributed by atoms with Gasteiger partial charge in [0.15, 0.2) is 0 Å².